The first-order valence-corrected chi connectivity index (χ1v) is 5.03. The second-order valence-electron chi connectivity index (χ2n) is 2.98. The van der Waals surface area contributed by atoms with Gasteiger partial charge in [-0.05, 0) is 6.92 Å². The summed E-state index contributed by atoms with van der Waals surface area (Å²) in [7, 11) is 1.48. The maximum absolute atomic E-state index is 10.8. The van der Waals surface area contributed by atoms with E-state index in [4.69, 9.17) is 4.74 Å². The highest BCUT2D eigenvalue weighted by atomic mass is 32.1. The van der Waals surface area contributed by atoms with Gasteiger partial charge in [0, 0.05) is 6.07 Å². The second-order valence-corrected chi connectivity index (χ2v) is 4.19. The average Bonchev–Trinajstić information content (AvgIpc) is 2.55. The number of methoxy groups -OCH3 is 1. The van der Waals surface area contributed by atoms with Crippen molar-refractivity contribution in [1.29, 1.82) is 0 Å². The summed E-state index contributed by atoms with van der Waals surface area (Å²) in [4.78, 5) is 14.6. The molecule has 0 aliphatic carbocycles. The van der Waals surface area contributed by atoms with E-state index in [1.54, 1.807) is 6.07 Å². The number of ether oxygens (including phenoxy) is 1. The molecule has 0 aliphatic rings. The lowest BCUT2D eigenvalue weighted by Crippen LogP contribution is -1.90. The van der Waals surface area contributed by atoms with Crippen LogP contribution < -0.4 is 4.74 Å². The fourth-order valence-corrected chi connectivity index (χ4v) is 2.24. The van der Waals surface area contributed by atoms with E-state index < -0.39 is 4.92 Å². The Morgan fingerprint density at radius 3 is 2.87 bits per heavy atom. The Balaban J connectivity index is 2.79. The zero-order valence-electron chi connectivity index (χ0n) is 8.18. The Bertz CT molecular complexity index is 535. The molecule has 15 heavy (non-hydrogen) atoms. The van der Waals surface area contributed by atoms with Crippen molar-refractivity contribution < 1.29 is 9.66 Å². The molecule has 6 heteroatoms. The number of rotatable bonds is 2. The second kappa shape index (κ2) is 3.47. The molecule has 0 N–H and O–H groups in total. The van der Waals surface area contributed by atoms with Crippen molar-refractivity contribution in [2.24, 2.45) is 0 Å². The van der Waals surface area contributed by atoms with E-state index in [0.717, 1.165) is 5.01 Å². The molecule has 1 aromatic heterocycles. The number of thiazole rings is 1. The van der Waals surface area contributed by atoms with Crippen LogP contribution in [-0.2, 0) is 0 Å². The van der Waals surface area contributed by atoms with Crippen LogP contribution in [0, 0.1) is 17.0 Å². The summed E-state index contributed by atoms with van der Waals surface area (Å²) in [5.41, 5.74) is 0.665. The lowest BCUT2D eigenvalue weighted by atomic mass is 10.3. The number of aryl methyl sites for hydroxylation is 1. The van der Waals surface area contributed by atoms with Gasteiger partial charge in [0.25, 0.3) is 5.69 Å². The SMILES string of the molecule is COc1cc([N+](=O)[O-])c2sc(C)nc2c1. The first-order valence-electron chi connectivity index (χ1n) is 4.21. The van der Waals surface area contributed by atoms with Crippen LogP contribution >= 0.6 is 11.3 Å². The van der Waals surface area contributed by atoms with Crippen molar-refractivity contribution in [2.45, 2.75) is 6.92 Å². The quantitative estimate of drug-likeness (QED) is 0.580. The minimum Gasteiger partial charge on any atom is -0.496 e. The number of nitro groups is 1. The van der Waals surface area contributed by atoms with Gasteiger partial charge < -0.3 is 4.74 Å². The average molecular weight is 224 g/mol. The van der Waals surface area contributed by atoms with E-state index >= 15 is 0 Å². The van der Waals surface area contributed by atoms with E-state index in [1.165, 1.54) is 24.5 Å². The smallest absolute Gasteiger partial charge is 0.292 e. The number of fused-ring (bicyclic) bond motifs is 1. The van der Waals surface area contributed by atoms with Gasteiger partial charge in [-0.1, -0.05) is 0 Å². The standard InChI is InChI=1S/C9H8N2O3S/c1-5-10-7-3-6(14-2)4-8(11(12)13)9(7)15-5/h3-4H,1-2H3. The number of aromatic nitrogens is 1. The topological polar surface area (TPSA) is 65.3 Å². The lowest BCUT2D eigenvalue weighted by Gasteiger charge is -1.99. The molecule has 1 aromatic carbocycles. The maximum atomic E-state index is 10.8. The zero-order valence-corrected chi connectivity index (χ0v) is 9.00. The highest BCUT2D eigenvalue weighted by molar-refractivity contribution is 7.19. The van der Waals surface area contributed by atoms with Crippen LogP contribution in [0.2, 0.25) is 0 Å². The Kier molecular flexibility index (Phi) is 2.28. The van der Waals surface area contributed by atoms with E-state index in [-0.39, 0.29) is 5.69 Å². The van der Waals surface area contributed by atoms with Gasteiger partial charge in [-0.15, -0.1) is 11.3 Å². The Hall–Kier alpha value is -1.69. The molecule has 0 spiro atoms. The molecule has 5 nitrogen and oxygen atoms in total. The van der Waals surface area contributed by atoms with Crippen molar-refractivity contribution in [3.63, 3.8) is 0 Å². The minimum absolute atomic E-state index is 0.0509. The molecule has 0 unspecified atom stereocenters. The first kappa shape index (κ1) is 9.85. The third-order valence-corrected chi connectivity index (χ3v) is 2.99. The number of nitrogens with zero attached hydrogens (tertiary/aromatic N) is 2. The van der Waals surface area contributed by atoms with Gasteiger partial charge in [0.1, 0.15) is 10.4 Å². The van der Waals surface area contributed by atoms with E-state index in [2.05, 4.69) is 4.98 Å². The molecule has 2 aromatic rings. The fraction of sp³-hybridized carbons (Fsp3) is 0.222. The van der Waals surface area contributed by atoms with Crippen LogP contribution in [0.25, 0.3) is 10.2 Å². The molecular weight excluding hydrogens is 216 g/mol. The van der Waals surface area contributed by atoms with Crippen molar-refractivity contribution in [3.8, 4) is 5.75 Å². The Labute approximate surface area is 89.5 Å². The minimum atomic E-state index is -0.414. The molecule has 0 atom stereocenters. The third kappa shape index (κ3) is 1.63. The van der Waals surface area contributed by atoms with Crippen LogP contribution in [0.1, 0.15) is 5.01 Å². The van der Waals surface area contributed by atoms with Crippen molar-refractivity contribution in [2.75, 3.05) is 7.11 Å². The summed E-state index contributed by atoms with van der Waals surface area (Å²) in [6, 6.07) is 3.12. The first-order chi connectivity index (χ1) is 7.11. The number of nitro benzene ring substituents is 1. The Morgan fingerprint density at radius 1 is 1.53 bits per heavy atom. The van der Waals surface area contributed by atoms with Crippen molar-refractivity contribution in [3.05, 3.63) is 27.3 Å². The predicted octanol–water partition coefficient (Wildman–Crippen LogP) is 2.52. The molecule has 0 fully saturated rings. The van der Waals surface area contributed by atoms with Gasteiger partial charge in [-0.2, -0.15) is 0 Å². The summed E-state index contributed by atoms with van der Waals surface area (Å²) >= 11 is 1.32. The van der Waals surface area contributed by atoms with E-state index in [1.807, 2.05) is 6.92 Å². The lowest BCUT2D eigenvalue weighted by molar-refractivity contribution is -0.382. The van der Waals surface area contributed by atoms with Crippen molar-refractivity contribution >= 4 is 27.2 Å². The predicted molar refractivity (Wildman–Crippen MR) is 57.6 cm³/mol. The molecule has 78 valence electrons. The molecule has 0 radical (unpaired) electrons. The molecule has 0 amide bonds. The zero-order chi connectivity index (χ0) is 11.0. The molecule has 2 rings (SSSR count). The molecular formula is C9H8N2O3S. The number of hydrogen-bond donors (Lipinski definition) is 0. The summed E-state index contributed by atoms with van der Waals surface area (Å²) in [5.74, 6) is 0.458. The highest BCUT2D eigenvalue weighted by Crippen LogP contribution is 2.34. The summed E-state index contributed by atoms with van der Waals surface area (Å²) in [5, 5.41) is 11.6. The van der Waals surface area contributed by atoms with Crippen LogP contribution in [0.15, 0.2) is 12.1 Å². The molecule has 0 saturated heterocycles. The van der Waals surface area contributed by atoms with Crippen LogP contribution in [0.4, 0.5) is 5.69 Å². The molecule has 0 bridgehead atoms. The van der Waals surface area contributed by atoms with Gasteiger partial charge >= 0.3 is 0 Å². The Morgan fingerprint density at radius 2 is 2.27 bits per heavy atom. The van der Waals surface area contributed by atoms with E-state index in [9.17, 15) is 10.1 Å². The normalized spacial score (nSPS) is 10.5. The summed E-state index contributed by atoms with van der Waals surface area (Å²) in [6.07, 6.45) is 0. The highest BCUT2D eigenvalue weighted by Gasteiger charge is 2.17. The van der Waals surface area contributed by atoms with Crippen LogP contribution in [0.3, 0.4) is 0 Å². The van der Waals surface area contributed by atoms with Gasteiger partial charge in [-0.25, -0.2) is 4.98 Å². The van der Waals surface area contributed by atoms with Gasteiger partial charge in [-0.3, -0.25) is 10.1 Å². The number of hydrogen-bond acceptors (Lipinski definition) is 5. The number of non-ortho nitro benzene ring substituents is 1. The molecule has 0 aliphatic heterocycles. The van der Waals surface area contributed by atoms with E-state index in [0.29, 0.717) is 16.0 Å². The summed E-state index contributed by atoms with van der Waals surface area (Å²) < 4.78 is 5.58. The van der Waals surface area contributed by atoms with Crippen molar-refractivity contribution in [1.82, 2.24) is 4.98 Å². The van der Waals surface area contributed by atoms with Gasteiger partial charge in [0.2, 0.25) is 0 Å². The number of benzene rings is 1. The third-order valence-electron chi connectivity index (χ3n) is 1.98. The van der Waals surface area contributed by atoms with Crippen LogP contribution in [-0.4, -0.2) is 17.0 Å². The fourth-order valence-electron chi connectivity index (χ4n) is 1.35. The monoisotopic (exact) mass is 224 g/mol. The summed E-state index contributed by atoms with van der Waals surface area (Å²) in [6.45, 7) is 1.82. The van der Waals surface area contributed by atoms with Crippen LogP contribution in [0.5, 0.6) is 5.75 Å². The maximum Gasteiger partial charge on any atom is 0.292 e. The van der Waals surface area contributed by atoms with Gasteiger partial charge in [0.05, 0.1) is 28.6 Å². The largest absolute Gasteiger partial charge is 0.496 e. The molecule has 1 heterocycles. The molecule has 0 saturated carbocycles. The van der Waals surface area contributed by atoms with Gasteiger partial charge in [0.15, 0.2) is 0 Å².